The van der Waals surface area contributed by atoms with Crippen molar-refractivity contribution in [2.75, 3.05) is 0 Å². The normalized spacial score (nSPS) is 9.67. The Morgan fingerprint density at radius 2 is 1.67 bits per heavy atom. The largest absolute Gasteiger partial charge is 0.314 e. The molecule has 1 aromatic heterocycles. The van der Waals surface area contributed by atoms with Gasteiger partial charge in [0.05, 0.1) is 11.2 Å². The molecular weight excluding hydrogens is 260 g/mol. The number of hydrogen-bond acceptors (Lipinski definition) is 2. The second kappa shape index (κ2) is 6.69. The minimum absolute atomic E-state index is 0.618. The van der Waals surface area contributed by atoms with Crippen LogP contribution in [0.1, 0.15) is 19.5 Å². The molecule has 106 valence electrons. The van der Waals surface area contributed by atoms with Gasteiger partial charge in [0.15, 0.2) is 0 Å². The number of nitrogens with zero attached hydrogens (tertiary/aromatic N) is 2. The summed E-state index contributed by atoms with van der Waals surface area (Å²) >= 11 is 0. The van der Waals surface area contributed by atoms with E-state index in [-0.39, 0.29) is 0 Å². The molecule has 0 radical (unpaired) electrons. The van der Waals surface area contributed by atoms with Gasteiger partial charge in [0.1, 0.15) is 0 Å². The molecule has 0 spiro atoms. The summed E-state index contributed by atoms with van der Waals surface area (Å²) in [5.41, 5.74) is 4.02. The Labute approximate surface area is 124 Å². The van der Waals surface area contributed by atoms with Crippen molar-refractivity contribution in [3.63, 3.8) is 0 Å². The van der Waals surface area contributed by atoms with Gasteiger partial charge in [0.2, 0.25) is 6.08 Å². The molecule has 21 heavy (non-hydrogen) atoms. The highest BCUT2D eigenvalue weighted by Gasteiger charge is 2.06. The number of rotatable bonds is 2. The summed E-state index contributed by atoms with van der Waals surface area (Å²) in [4.78, 5) is 13.8. The van der Waals surface area contributed by atoms with Gasteiger partial charge in [0.25, 0.3) is 0 Å². The average molecular weight is 278 g/mol. The van der Waals surface area contributed by atoms with Gasteiger partial charge in [-0.05, 0) is 43.3 Å². The van der Waals surface area contributed by atoms with Crippen molar-refractivity contribution in [2.24, 2.45) is 4.99 Å². The van der Waals surface area contributed by atoms with Gasteiger partial charge in [-0.2, -0.15) is 4.99 Å². The molecule has 0 aliphatic carbocycles. The van der Waals surface area contributed by atoms with Crippen LogP contribution in [0.4, 0.5) is 5.69 Å². The number of benzene rings is 2. The zero-order valence-corrected chi connectivity index (χ0v) is 12.5. The summed E-state index contributed by atoms with van der Waals surface area (Å²) < 4.78 is 2.18. The number of carbonyl (C=O) groups excluding carboxylic acids is 1. The Kier molecular flexibility index (Phi) is 4.70. The maximum Gasteiger partial charge on any atom is 0.240 e. The Morgan fingerprint density at radius 1 is 1.00 bits per heavy atom. The van der Waals surface area contributed by atoms with E-state index in [9.17, 15) is 4.79 Å². The zero-order chi connectivity index (χ0) is 15.2. The Morgan fingerprint density at radius 3 is 2.33 bits per heavy atom. The molecule has 0 unspecified atom stereocenters. The molecular formula is C18H18N2O. The van der Waals surface area contributed by atoms with Crippen LogP contribution in [0.25, 0.3) is 16.6 Å². The van der Waals surface area contributed by atoms with Crippen molar-refractivity contribution in [1.82, 2.24) is 4.57 Å². The van der Waals surface area contributed by atoms with Gasteiger partial charge < -0.3 is 4.57 Å². The molecule has 0 atom stereocenters. The van der Waals surface area contributed by atoms with Crippen molar-refractivity contribution >= 4 is 22.7 Å². The first kappa shape index (κ1) is 14.8. The third-order valence-electron chi connectivity index (χ3n) is 3.18. The molecule has 0 N–H and O–H groups in total. The standard InChI is InChI=1S/C16H12N2O.C2H6/c1-12-10-13-4-2-3-5-16(13)18(12)15-8-6-14(7-9-15)17-11-19;1-2/h2-10H,1H3;1-2H3. The minimum atomic E-state index is 0.618. The topological polar surface area (TPSA) is 34.4 Å². The van der Waals surface area contributed by atoms with Gasteiger partial charge in [-0.1, -0.05) is 32.0 Å². The molecule has 0 fully saturated rings. The van der Waals surface area contributed by atoms with Crippen LogP contribution in [-0.2, 0) is 4.79 Å². The fourth-order valence-corrected chi connectivity index (χ4v) is 2.36. The van der Waals surface area contributed by atoms with E-state index in [2.05, 4.69) is 34.7 Å². The van der Waals surface area contributed by atoms with Crippen molar-refractivity contribution in [3.05, 3.63) is 60.3 Å². The number of isocyanates is 1. The Balaban J connectivity index is 0.000000774. The molecule has 0 bridgehead atoms. The molecule has 3 aromatic rings. The van der Waals surface area contributed by atoms with E-state index in [1.165, 1.54) is 16.6 Å². The van der Waals surface area contributed by atoms with Crippen LogP contribution in [0, 0.1) is 6.92 Å². The summed E-state index contributed by atoms with van der Waals surface area (Å²) in [5, 5.41) is 1.22. The number of para-hydroxylation sites is 1. The van der Waals surface area contributed by atoms with Crippen LogP contribution < -0.4 is 0 Å². The fraction of sp³-hybridized carbons (Fsp3) is 0.167. The lowest BCUT2D eigenvalue weighted by Crippen LogP contribution is -1.95. The molecule has 1 heterocycles. The van der Waals surface area contributed by atoms with Gasteiger partial charge in [-0.15, -0.1) is 0 Å². The first-order chi connectivity index (χ1) is 10.3. The predicted octanol–water partition coefficient (Wildman–Crippen LogP) is 4.93. The molecule has 3 rings (SSSR count). The highest BCUT2D eigenvalue weighted by Crippen LogP contribution is 2.25. The second-order valence-electron chi connectivity index (χ2n) is 4.40. The van der Waals surface area contributed by atoms with E-state index < -0.39 is 0 Å². The summed E-state index contributed by atoms with van der Waals surface area (Å²) in [7, 11) is 0. The summed E-state index contributed by atoms with van der Waals surface area (Å²) in [5.74, 6) is 0. The highest BCUT2D eigenvalue weighted by atomic mass is 16.1. The number of fused-ring (bicyclic) bond motifs is 1. The molecule has 3 nitrogen and oxygen atoms in total. The van der Waals surface area contributed by atoms with Crippen molar-refractivity contribution in [2.45, 2.75) is 20.8 Å². The lowest BCUT2D eigenvalue weighted by Gasteiger charge is -2.08. The van der Waals surface area contributed by atoms with Gasteiger partial charge in [-0.3, -0.25) is 0 Å². The number of aromatic nitrogens is 1. The third kappa shape index (κ3) is 2.93. The Bertz CT molecular complexity index is 779. The number of hydrogen-bond donors (Lipinski definition) is 0. The van der Waals surface area contributed by atoms with E-state index in [4.69, 9.17) is 0 Å². The first-order valence-corrected chi connectivity index (χ1v) is 7.05. The van der Waals surface area contributed by atoms with Crippen LogP contribution in [-0.4, -0.2) is 10.6 Å². The van der Waals surface area contributed by atoms with Gasteiger partial charge >= 0.3 is 0 Å². The molecule has 0 aliphatic rings. The minimum Gasteiger partial charge on any atom is -0.314 e. The van der Waals surface area contributed by atoms with Crippen LogP contribution in [0.2, 0.25) is 0 Å². The molecule has 0 amide bonds. The monoisotopic (exact) mass is 278 g/mol. The zero-order valence-electron chi connectivity index (χ0n) is 12.5. The summed E-state index contributed by atoms with van der Waals surface area (Å²) in [6.07, 6.45) is 1.55. The van der Waals surface area contributed by atoms with Gasteiger partial charge in [-0.25, -0.2) is 4.79 Å². The molecule has 0 aliphatic heterocycles. The smallest absolute Gasteiger partial charge is 0.240 e. The number of aryl methyl sites for hydroxylation is 1. The molecule has 2 aromatic carbocycles. The van der Waals surface area contributed by atoms with Gasteiger partial charge in [0, 0.05) is 16.8 Å². The number of aliphatic imine (C=N–C) groups is 1. The lowest BCUT2D eigenvalue weighted by molar-refractivity contribution is 0.565. The van der Waals surface area contributed by atoms with E-state index >= 15 is 0 Å². The van der Waals surface area contributed by atoms with E-state index in [0.717, 1.165) is 5.69 Å². The summed E-state index contributed by atoms with van der Waals surface area (Å²) in [6.45, 7) is 6.08. The van der Waals surface area contributed by atoms with E-state index in [0.29, 0.717) is 5.69 Å². The van der Waals surface area contributed by atoms with Crippen LogP contribution in [0.5, 0.6) is 0 Å². The van der Waals surface area contributed by atoms with Crippen molar-refractivity contribution < 1.29 is 4.79 Å². The molecule has 0 saturated heterocycles. The Hall–Kier alpha value is -2.64. The van der Waals surface area contributed by atoms with Crippen molar-refractivity contribution in [1.29, 1.82) is 0 Å². The maximum atomic E-state index is 10.2. The molecule has 3 heteroatoms. The average Bonchev–Trinajstić information content (AvgIpc) is 2.86. The van der Waals surface area contributed by atoms with Crippen LogP contribution in [0.15, 0.2) is 59.6 Å². The van der Waals surface area contributed by atoms with Crippen LogP contribution >= 0.6 is 0 Å². The van der Waals surface area contributed by atoms with E-state index in [1.54, 1.807) is 6.08 Å². The predicted molar refractivity (Wildman–Crippen MR) is 87.1 cm³/mol. The first-order valence-electron chi connectivity index (χ1n) is 7.05. The SMILES string of the molecule is CC.Cc1cc2ccccc2n1-c1ccc(N=C=O)cc1. The summed E-state index contributed by atoms with van der Waals surface area (Å²) in [6, 6.07) is 18.0. The second-order valence-corrected chi connectivity index (χ2v) is 4.40. The van der Waals surface area contributed by atoms with E-state index in [1.807, 2.05) is 50.2 Å². The fourth-order valence-electron chi connectivity index (χ4n) is 2.36. The quantitative estimate of drug-likeness (QED) is 0.483. The van der Waals surface area contributed by atoms with Crippen molar-refractivity contribution in [3.8, 4) is 5.69 Å². The third-order valence-corrected chi connectivity index (χ3v) is 3.18. The molecule has 0 saturated carbocycles. The lowest BCUT2D eigenvalue weighted by atomic mass is 10.2. The van der Waals surface area contributed by atoms with Crippen LogP contribution in [0.3, 0.4) is 0 Å². The maximum absolute atomic E-state index is 10.2. The highest BCUT2D eigenvalue weighted by molar-refractivity contribution is 5.83.